The van der Waals surface area contributed by atoms with Crippen molar-refractivity contribution < 1.29 is 17.3 Å². The zero-order valence-electron chi connectivity index (χ0n) is 12.5. The minimum absolute atomic E-state index is 0.167. The highest BCUT2D eigenvalue weighted by atomic mass is 32.2. The summed E-state index contributed by atoms with van der Waals surface area (Å²) in [4.78, 5) is 0. The van der Waals surface area contributed by atoms with Gasteiger partial charge in [0.2, 0.25) is 0 Å². The van der Waals surface area contributed by atoms with Gasteiger partial charge in [0.1, 0.15) is 0 Å². The van der Waals surface area contributed by atoms with Crippen LogP contribution >= 0.6 is 0 Å². The summed E-state index contributed by atoms with van der Waals surface area (Å²) in [5.74, 6) is 0. The molecule has 20 heavy (non-hydrogen) atoms. The molecule has 0 heterocycles. The van der Waals surface area contributed by atoms with E-state index in [1.165, 1.54) is 0 Å². The van der Waals surface area contributed by atoms with Crippen molar-refractivity contribution in [3.8, 4) is 0 Å². The van der Waals surface area contributed by atoms with Crippen LogP contribution in [0.3, 0.4) is 0 Å². The average Bonchev–Trinajstić information content (AvgIpc) is 2.37. The molecule has 5 heteroatoms. The van der Waals surface area contributed by atoms with Crippen molar-refractivity contribution in [1.29, 1.82) is 0 Å². The largest absolute Gasteiger partial charge is 0.377 e. The lowest BCUT2D eigenvalue weighted by molar-refractivity contribution is 0.0990. The van der Waals surface area contributed by atoms with Crippen LogP contribution in [-0.4, -0.2) is 27.9 Å². The van der Waals surface area contributed by atoms with Gasteiger partial charge in [-0.15, -0.1) is 0 Å². The lowest BCUT2D eigenvalue weighted by atomic mass is 9.89. The fraction of sp³-hybridized carbons (Fsp3) is 0.600. The Kier molecular flexibility index (Phi) is 6.65. The van der Waals surface area contributed by atoms with E-state index in [0.29, 0.717) is 13.2 Å². The third-order valence-corrected chi connectivity index (χ3v) is 3.46. The Morgan fingerprint density at radius 3 is 2.40 bits per heavy atom. The third-order valence-electron chi connectivity index (χ3n) is 2.92. The molecule has 0 saturated carbocycles. The van der Waals surface area contributed by atoms with E-state index in [9.17, 15) is 8.42 Å². The van der Waals surface area contributed by atoms with Crippen LogP contribution < -0.4 is 0 Å². The smallest absolute Gasteiger partial charge is 0.264 e. The normalized spacial score (nSPS) is 12.6. The van der Waals surface area contributed by atoms with Crippen LogP contribution in [0.4, 0.5) is 0 Å². The van der Waals surface area contributed by atoms with Crippen LogP contribution in [0.15, 0.2) is 30.3 Å². The maximum absolute atomic E-state index is 11.0. The molecular formula is C15H24O4S. The van der Waals surface area contributed by atoms with Crippen molar-refractivity contribution in [2.24, 2.45) is 5.41 Å². The third kappa shape index (κ3) is 8.30. The summed E-state index contributed by atoms with van der Waals surface area (Å²) in [6.45, 7) is 5.48. The Morgan fingerprint density at radius 2 is 1.80 bits per heavy atom. The average molecular weight is 300 g/mol. The van der Waals surface area contributed by atoms with Crippen molar-refractivity contribution >= 4 is 10.1 Å². The minimum atomic E-state index is -3.36. The Bertz CT molecular complexity index is 480. The van der Waals surface area contributed by atoms with Crippen LogP contribution in [0.2, 0.25) is 0 Å². The van der Waals surface area contributed by atoms with Crippen molar-refractivity contribution in [3.05, 3.63) is 35.9 Å². The first-order valence-electron chi connectivity index (χ1n) is 6.75. The van der Waals surface area contributed by atoms with Crippen molar-refractivity contribution in [2.75, 3.05) is 19.5 Å². The first-order valence-corrected chi connectivity index (χ1v) is 8.56. The standard InChI is InChI=1S/C15H24O4S/c1-15(2,13-19-20(3,16)17)10-7-11-18-12-14-8-5-4-6-9-14/h4-6,8-9H,7,10-13H2,1-3H3. The van der Waals surface area contributed by atoms with Gasteiger partial charge in [0, 0.05) is 6.61 Å². The van der Waals surface area contributed by atoms with Gasteiger partial charge in [-0.1, -0.05) is 44.2 Å². The number of hydrogen-bond donors (Lipinski definition) is 0. The summed E-state index contributed by atoms with van der Waals surface area (Å²) in [5, 5.41) is 0. The van der Waals surface area contributed by atoms with Gasteiger partial charge in [-0.05, 0) is 23.8 Å². The lowest BCUT2D eigenvalue weighted by Gasteiger charge is -2.23. The first kappa shape index (κ1) is 17.1. The van der Waals surface area contributed by atoms with Crippen LogP contribution in [-0.2, 0) is 25.6 Å². The maximum atomic E-state index is 11.0. The van der Waals surface area contributed by atoms with E-state index in [0.717, 1.165) is 24.7 Å². The van der Waals surface area contributed by atoms with E-state index in [1.807, 2.05) is 44.2 Å². The lowest BCUT2D eigenvalue weighted by Crippen LogP contribution is -2.22. The Balaban J connectivity index is 2.16. The summed E-state index contributed by atoms with van der Waals surface area (Å²) in [5.41, 5.74) is 0.992. The van der Waals surface area contributed by atoms with Gasteiger partial charge in [-0.2, -0.15) is 8.42 Å². The maximum Gasteiger partial charge on any atom is 0.264 e. The van der Waals surface area contributed by atoms with E-state index in [4.69, 9.17) is 8.92 Å². The van der Waals surface area contributed by atoms with Gasteiger partial charge in [0.25, 0.3) is 10.1 Å². The second-order valence-electron chi connectivity index (χ2n) is 5.77. The van der Waals surface area contributed by atoms with E-state index in [-0.39, 0.29) is 12.0 Å². The molecule has 0 spiro atoms. The highest BCUT2D eigenvalue weighted by Gasteiger charge is 2.20. The second-order valence-corrected chi connectivity index (χ2v) is 7.42. The first-order chi connectivity index (χ1) is 9.29. The van der Waals surface area contributed by atoms with Gasteiger partial charge in [0.15, 0.2) is 0 Å². The molecule has 0 radical (unpaired) electrons. The molecule has 4 nitrogen and oxygen atoms in total. The molecule has 0 unspecified atom stereocenters. The van der Waals surface area contributed by atoms with Crippen molar-refractivity contribution in [2.45, 2.75) is 33.3 Å². The molecule has 114 valence electrons. The fourth-order valence-corrected chi connectivity index (χ4v) is 2.29. The predicted octanol–water partition coefficient (Wildman–Crippen LogP) is 2.99. The van der Waals surface area contributed by atoms with E-state index < -0.39 is 10.1 Å². The molecule has 0 aliphatic carbocycles. The number of rotatable bonds is 9. The van der Waals surface area contributed by atoms with Gasteiger partial charge in [-0.25, -0.2) is 0 Å². The molecular weight excluding hydrogens is 276 g/mol. The van der Waals surface area contributed by atoms with E-state index >= 15 is 0 Å². The van der Waals surface area contributed by atoms with Crippen LogP contribution in [0.5, 0.6) is 0 Å². The van der Waals surface area contributed by atoms with Crippen LogP contribution in [0, 0.1) is 5.41 Å². The molecule has 1 aromatic rings. The fourth-order valence-electron chi connectivity index (χ4n) is 1.76. The molecule has 0 aromatic heterocycles. The summed E-state index contributed by atoms with van der Waals surface area (Å²) >= 11 is 0. The molecule has 0 aliphatic rings. The van der Waals surface area contributed by atoms with Crippen LogP contribution in [0.1, 0.15) is 32.3 Å². The van der Waals surface area contributed by atoms with Gasteiger partial charge < -0.3 is 4.74 Å². The summed E-state index contributed by atoms with van der Waals surface area (Å²) < 4.78 is 32.4. The molecule has 1 rings (SSSR count). The molecule has 0 fully saturated rings. The number of ether oxygens (including phenoxy) is 1. The Labute approximate surface area is 122 Å². The van der Waals surface area contributed by atoms with Gasteiger partial charge in [0.05, 0.1) is 19.5 Å². The zero-order valence-corrected chi connectivity index (χ0v) is 13.3. The molecule has 0 bridgehead atoms. The quantitative estimate of drug-likeness (QED) is 0.519. The highest BCUT2D eigenvalue weighted by Crippen LogP contribution is 2.23. The SMILES string of the molecule is CC(C)(CCCOCc1ccccc1)COS(C)(=O)=O. The van der Waals surface area contributed by atoms with Crippen molar-refractivity contribution in [3.63, 3.8) is 0 Å². The van der Waals surface area contributed by atoms with E-state index in [2.05, 4.69) is 0 Å². The summed E-state index contributed by atoms with van der Waals surface area (Å²) in [6.07, 6.45) is 2.82. The molecule has 0 aliphatic heterocycles. The Morgan fingerprint density at radius 1 is 1.15 bits per heavy atom. The van der Waals surface area contributed by atoms with E-state index in [1.54, 1.807) is 0 Å². The molecule has 0 atom stereocenters. The summed E-state index contributed by atoms with van der Waals surface area (Å²) in [6, 6.07) is 10.0. The zero-order chi connectivity index (χ0) is 15.1. The van der Waals surface area contributed by atoms with Crippen molar-refractivity contribution in [1.82, 2.24) is 0 Å². The van der Waals surface area contributed by atoms with Gasteiger partial charge in [-0.3, -0.25) is 4.18 Å². The molecule has 1 aromatic carbocycles. The minimum Gasteiger partial charge on any atom is -0.377 e. The molecule has 0 amide bonds. The Hall–Kier alpha value is -0.910. The molecule has 0 saturated heterocycles. The second kappa shape index (κ2) is 7.76. The monoisotopic (exact) mass is 300 g/mol. The van der Waals surface area contributed by atoms with Gasteiger partial charge >= 0.3 is 0 Å². The molecule has 0 N–H and O–H groups in total. The highest BCUT2D eigenvalue weighted by molar-refractivity contribution is 7.85. The topological polar surface area (TPSA) is 52.6 Å². The number of benzene rings is 1. The van der Waals surface area contributed by atoms with Crippen LogP contribution in [0.25, 0.3) is 0 Å². The predicted molar refractivity (Wildman–Crippen MR) is 79.9 cm³/mol. The number of hydrogen-bond acceptors (Lipinski definition) is 4. The summed E-state index contributed by atoms with van der Waals surface area (Å²) in [7, 11) is -3.36.